The molecule has 0 radical (unpaired) electrons. The van der Waals surface area contributed by atoms with Gasteiger partial charge in [-0.3, -0.25) is 4.79 Å². The summed E-state index contributed by atoms with van der Waals surface area (Å²) in [6.45, 7) is -1.18. The van der Waals surface area contributed by atoms with Gasteiger partial charge in [0.2, 0.25) is 0 Å². The zero-order valence-electron chi connectivity index (χ0n) is 8.64. The van der Waals surface area contributed by atoms with E-state index in [1.54, 1.807) is 24.3 Å². The van der Waals surface area contributed by atoms with Gasteiger partial charge < -0.3 is 10.3 Å². The van der Waals surface area contributed by atoms with Crippen LogP contribution in [-0.2, 0) is 0 Å². The van der Waals surface area contributed by atoms with Crippen molar-refractivity contribution in [3.63, 3.8) is 0 Å². The molecule has 1 aromatic heterocycles. The van der Waals surface area contributed by atoms with Gasteiger partial charge in [0, 0.05) is 5.39 Å². The second-order valence-corrected chi connectivity index (χ2v) is 3.57. The first-order valence-electron chi connectivity index (χ1n) is 4.88. The number of nitrogens with one attached hydrogen (secondary N) is 2. The molecule has 0 aliphatic carbocycles. The summed E-state index contributed by atoms with van der Waals surface area (Å²) in [4.78, 5) is 13.9. The van der Waals surface area contributed by atoms with Crippen molar-refractivity contribution in [2.75, 3.05) is 11.9 Å². The largest absolute Gasteiger partial charge is 0.405 e. The average molecular weight is 242 g/mol. The molecule has 6 heteroatoms. The Hall–Kier alpha value is -1.98. The first-order valence-corrected chi connectivity index (χ1v) is 4.88. The van der Waals surface area contributed by atoms with Gasteiger partial charge in [0.25, 0.3) is 5.56 Å². The van der Waals surface area contributed by atoms with E-state index in [0.717, 1.165) is 0 Å². The number of hydrogen-bond donors (Lipinski definition) is 2. The number of benzene rings is 1. The third kappa shape index (κ3) is 2.77. The highest BCUT2D eigenvalue weighted by molar-refractivity contribution is 5.83. The van der Waals surface area contributed by atoms with E-state index < -0.39 is 18.3 Å². The number of fused-ring (bicyclic) bond motifs is 1. The van der Waals surface area contributed by atoms with Crippen LogP contribution in [0.25, 0.3) is 10.8 Å². The number of pyridine rings is 1. The molecule has 2 aromatic rings. The lowest BCUT2D eigenvalue weighted by Gasteiger charge is -2.09. The predicted octanol–water partition coefficient (Wildman–Crippen LogP) is 2.50. The van der Waals surface area contributed by atoms with E-state index in [1.165, 1.54) is 6.07 Å². The number of aromatic nitrogens is 1. The van der Waals surface area contributed by atoms with E-state index in [0.29, 0.717) is 10.8 Å². The van der Waals surface area contributed by atoms with E-state index in [2.05, 4.69) is 10.3 Å². The van der Waals surface area contributed by atoms with Gasteiger partial charge in [-0.05, 0) is 17.5 Å². The fraction of sp³-hybridized carbons (Fsp3) is 0.182. The number of halogens is 3. The van der Waals surface area contributed by atoms with Crippen LogP contribution in [0.3, 0.4) is 0 Å². The molecular formula is C11H9F3N2O. The Morgan fingerprint density at radius 1 is 1.24 bits per heavy atom. The minimum atomic E-state index is -4.32. The third-order valence-corrected chi connectivity index (χ3v) is 2.23. The highest BCUT2D eigenvalue weighted by Crippen LogP contribution is 2.17. The molecule has 0 fully saturated rings. The van der Waals surface area contributed by atoms with Crippen LogP contribution in [0, 0.1) is 0 Å². The zero-order valence-corrected chi connectivity index (χ0v) is 8.64. The van der Waals surface area contributed by atoms with Crippen LogP contribution in [0.4, 0.5) is 19.0 Å². The molecule has 1 heterocycles. The number of hydrogen-bond acceptors (Lipinski definition) is 2. The van der Waals surface area contributed by atoms with Crippen molar-refractivity contribution in [1.82, 2.24) is 4.98 Å². The van der Waals surface area contributed by atoms with Crippen LogP contribution in [-0.4, -0.2) is 17.7 Å². The van der Waals surface area contributed by atoms with Crippen LogP contribution >= 0.6 is 0 Å². The summed E-state index contributed by atoms with van der Waals surface area (Å²) in [6, 6.07) is 8.17. The summed E-state index contributed by atoms with van der Waals surface area (Å²) in [5.41, 5.74) is -0.409. The van der Waals surface area contributed by atoms with E-state index in [9.17, 15) is 18.0 Å². The van der Waals surface area contributed by atoms with Crippen LogP contribution in [0.5, 0.6) is 0 Å². The first kappa shape index (κ1) is 11.5. The standard InChI is InChI=1S/C11H9F3N2O/c12-11(13,14)6-15-9-5-7-3-1-2-4-8(7)10(17)16-9/h1-5H,6H2,(H2,15,16,17). The van der Waals surface area contributed by atoms with Gasteiger partial charge in [0.05, 0.1) is 0 Å². The maximum absolute atomic E-state index is 12.0. The van der Waals surface area contributed by atoms with Gasteiger partial charge in [-0.15, -0.1) is 0 Å². The molecule has 0 aliphatic rings. The summed E-state index contributed by atoms with van der Waals surface area (Å²) in [6.07, 6.45) is -4.32. The molecule has 3 nitrogen and oxygen atoms in total. The summed E-state index contributed by atoms with van der Waals surface area (Å²) in [7, 11) is 0. The Morgan fingerprint density at radius 2 is 1.94 bits per heavy atom. The van der Waals surface area contributed by atoms with Crippen molar-refractivity contribution in [1.29, 1.82) is 0 Å². The molecule has 0 unspecified atom stereocenters. The van der Waals surface area contributed by atoms with Crippen LogP contribution in [0.15, 0.2) is 35.1 Å². The van der Waals surface area contributed by atoms with Gasteiger partial charge in [0.15, 0.2) is 0 Å². The molecule has 0 spiro atoms. The highest BCUT2D eigenvalue weighted by atomic mass is 19.4. The molecule has 90 valence electrons. The fourth-order valence-corrected chi connectivity index (χ4v) is 1.50. The topological polar surface area (TPSA) is 44.9 Å². The summed E-state index contributed by atoms with van der Waals surface area (Å²) < 4.78 is 36.0. The second kappa shape index (κ2) is 4.12. The lowest BCUT2D eigenvalue weighted by atomic mass is 10.2. The van der Waals surface area contributed by atoms with Crippen molar-refractivity contribution in [2.45, 2.75) is 6.18 Å². The number of H-pyrrole nitrogens is 1. The Kier molecular flexibility index (Phi) is 2.79. The van der Waals surface area contributed by atoms with Crippen LogP contribution in [0.1, 0.15) is 0 Å². The molecule has 0 bridgehead atoms. The van der Waals surface area contributed by atoms with E-state index in [1.807, 2.05) is 0 Å². The maximum atomic E-state index is 12.0. The SMILES string of the molecule is O=c1[nH]c(NCC(F)(F)F)cc2ccccc12. The minimum absolute atomic E-state index is 0.0611. The van der Waals surface area contributed by atoms with Crippen molar-refractivity contribution in [3.05, 3.63) is 40.7 Å². The van der Waals surface area contributed by atoms with Crippen LogP contribution in [0.2, 0.25) is 0 Å². The van der Waals surface area contributed by atoms with Crippen molar-refractivity contribution in [2.24, 2.45) is 0 Å². The van der Waals surface area contributed by atoms with Crippen molar-refractivity contribution < 1.29 is 13.2 Å². The smallest absolute Gasteiger partial charge is 0.363 e. The highest BCUT2D eigenvalue weighted by Gasteiger charge is 2.26. The second-order valence-electron chi connectivity index (χ2n) is 3.57. The Balaban J connectivity index is 2.34. The molecule has 0 amide bonds. The molecule has 2 rings (SSSR count). The van der Waals surface area contributed by atoms with Gasteiger partial charge >= 0.3 is 6.18 Å². The molecule has 1 aromatic carbocycles. The molecule has 0 saturated carbocycles. The Bertz CT molecular complexity index is 589. The zero-order chi connectivity index (χ0) is 12.5. The Morgan fingerprint density at radius 3 is 2.65 bits per heavy atom. The minimum Gasteiger partial charge on any atom is -0.363 e. The summed E-state index contributed by atoms with van der Waals surface area (Å²) >= 11 is 0. The van der Waals surface area contributed by atoms with E-state index in [-0.39, 0.29) is 5.82 Å². The normalized spacial score (nSPS) is 11.7. The average Bonchev–Trinajstić information content (AvgIpc) is 2.26. The molecule has 0 aliphatic heterocycles. The fourth-order valence-electron chi connectivity index (χ4n) is 1.50. The molecule has 17 heavy (non-hydrogen) atoms. The third-order valence-electron chi connectivity index (χ3n) is 2.23. The monoisotopic (exact) mass is 242 g/mol. The lowest BCUT2D eigenvalue weighted by molar-refractivity contribution is -0.115. The number of alkyl halides is 3. The summed E-state index contributed by atoms with van der Waals surface area (Å²) in [5, 5.41) is 3.18. The summed E-state index contributed by atoms with van der Waals surface area (Å²) in [5.74, 6) is 0.0611. The lowest BCUT2D eigenvalue weighted by Crippen LogP contribution is -2.23. The first-order chi connectivity index (χ1) is 7.96. The van der Waals surface area contributed by atoms with Crippen molar-refractivity contribution in [3.8, 4) is 0 Å². The Labute approximate surface area is 94.3 Å². The number of anilines is 1. The predicted molar refractivity (Wildman–Crippen MR) is 59.1 cm³/mol. The number of rotatable bonds is 2. The van der Waals surface area contributed by atoms with Crippen molar-refractivity contribution >= 4 is 16.6 Å². The van der Waals surface area contributed by atoms with E-state index in [4.69, 9.17) is 0 Å². The van der Waals surface area contributed by atoms with Gasteiger partial charge in [0.1, 0.15) is 12.4 Å². The van der Waals surface area contributed by atoms with Gasteiger partial charge in [-0.1, -0.05) is 18.2 Å². The molecule has 0 saturated heterocycles. The van der Waals surface area contributed by atoms with Gasteiger partial charge in [-0.25, -0.2) is 0 Å². The quantitative estimate of drug-likeness (QED) is 0.849. The maximum Gasteiger partial charge on any atom is 0.405 e. The molecule has 2 N–H and O–H groups in total. The van der Waals surface area contributed by atoms with Gasteiger partial charge in [-0.2, -0.15) is 13.2 Å². The molecular weight excluding hydrogens is 233 g/mol. The number of aromatic amines is 1. The molecule has 0 atom stereocenters. The van der Waals surface area contributed by atoms with Crippen LogP contribution < -0.4 is 10.9 Å². The van der Waals surface area contributed by atoms with E-state index >= 15 is 0 Å².